The maximum Gasteiger partial charge on any atom is 0.135 e. The molecule has 0 unspecified atom stereocenters. The van der Waals surface area contributed by atoms with E-state index in [0.717, 1.165) is 11.5 Å². The Morgan fingerprint density at radius 2 is 0.913 bits per heavy atom. The van der Waals surface area contributed by atoms with Crippen LogP contribution in [0.25, 0.3) is 21.5 Å². The van der Waals surface area contributed by atoms with E-state index in [1.54, 1.807) is 0 Å². The van der Waals surface area contributed by atoms with Gasteiger partial charge in [0.25, 0.3) is 0 Å². The lowest BCUT2D eigenvalue weighted by Gasteiger charge is -2.14. The van der Waals surface area contributed by atoms with E-state index in [2.05, 4.69) is 74.5 Å². The van der Waals surface area contributed by atoms with Gasteiger partial charge in [0, 0.05) is 10.8 Å². The van der Waals surface area contributed by atoms with Gasteiger partial charge in [0.1, 0.15) is 11.5 Å². The Labute approximate surface area is 136 Å². The monoisotopic (exact) mass is 298 g/mol. The molecule has 4 rings (SSSR count). The minimum atomic E-state index is 0.913. The molecule has 0 radical (unpaired) electrons. The first-order chi connectivity index (χ1) is 11.2. The Morgan fingerprint density at radius 3 is 1.35 bits per heavy atom. The van der Waals surface area contributed by atoms with Gasteiger partial charge < -0.3 is 4.74 Å². The molecule has 1 heteroatoms. The lowest BCUT2D eigenvalue weighted by atomic mass is 10.0. The summed E-state index contributed by atoms with van der Waals surface area (Å²) in [6, 6.07) is 25.1. The van der Waals surface area contributed by atoms with Gasteiger partial charge in [-0.3, -0.25) is 0 Å². The Hall–Kier alpha value is -2.80. The SMILES string of the molecule is Cc1cccc2cccc(Oc3cccc4cccc(C)c34)c12. The van der Waals surface area contributed by atoms with E-state index < -0.39 is 0 Å². The molecular formula is C22H18O. The predicted molar refractivity (Wildman–Crippen MR) is 97.4 cm³/mol. The summed E-state index contributed by atoms with van der Waals surface area (Å²) in [5, 5.41) is 4.78. The van der Waals surface area contributed by atoms with Gasteiger partial charge in [-0.25, -0.2) is 0 Å². The molecule has 0 N–H and O–H groups in total. The molecule has 0 aromatic heterocycles. The average Bonchev–Trinajstić information content (AvgIpc) is 2.55. The highest BCUT2D eigenvalue weighted by molar-refractivity contribution is 5.94. The summed E-state index contributed by atoms with van der Waals surface area (Å²) in [6.45, 7) is 4.26. The van der Waals surface area contributed by atoms with Gasteiger partial charge in [-0.05, 0) is 47.9 Å². The Morgan fingerprint density at radius 1 is 0.522 bits per heavy atom. The van der Waals surface area contributed by atoms with Crippen LogP contribution in [0.2, 0.25) is 0 Å². The van der Waals surface area contributed by atoms with Crippen LogP contribution >= 0.6 is 0 Å². The van der Waals surface area contributed by atoms with Crippen molar-refractivity contribution < 1.29 is 4.74 Å². The minimum absolute atomic E-state index is 0.913. The van der Waals surface area contributed by atoms with E-state index in [0.29, 0.717) is 0 Å². The molecule has 0 fully saturated rings. The van der Waals surface area contributed by atoms with Gasteiger partial charge in [-0.1, -0.05) is 60.7 Å². The molecule has 0 saturated carbocycles. The molecule has 0 aliphatic heterocycles. The van der Waals surface area contributed by atoms with Crippen molar-refractivity contribution in [2.45, 2.75) is 13.8 Å². The smallest absolute Gasteiger partial charge is 0.135 e. The number of benzene rings is 4. The van der Waals surface area contributed by atoms with Crippen LogP contribution in [0.4, 0.5) is 0 Å². The highest BCUT2D eigenvalue weighted by Crippen LogP contribution is 2.36. The molecule has 4 aromatic carbocycles. The van der Waals surface area contributed by atoms with Crippen molar-refractivity contribution in [1.29, 1.82) is 0 Å². The van der Waals surface area contributed by atoms with Gasteiger partial charge >= 0.3 is 0 Å². The molecule has 112 valence electrons. The van der Waals surface area contributed by atoms with Crippen molar-refractivity contribution in [3.63, 3.8) is 0 Å². The van der Waals surface area contributed by atoms with E-state index in [1.165, 1.54) is 32.7 Å². The zero-order valence-corrected chi connectivity index (χ0v) is 13.3. The van der Waals surface area contributed by atoms with E-state index in [-0.39, 0.29) is 0 Å². The van der Waals surface area contributed by atoms with Crippen LogP contribution in [0.5, 0.6) is 11.5 Å². The number of fused-ring (bicyclic) bond motifs is 2. The van der Waals surface area contributed by atoms with Crippen LogP contribution in [0.3, 0.4) is 0 Å². The van der Waals surface area contributed by atoms with Crippen LogP contribution in [0, 0.1) is 13.8 Å². The first-order valence-corrected chi connectivity index (χ1v) is 7.88. The van der Waals surface area contributed by atoms with Crippen LogP contribution in [0.1, 0.15) is 11.1 Å². The molecule has 0 saturated heterocycles. The molecule has 0 atom stereocenters. The van der Waals surface area contributed by atoms with Crippen molar-refractivity contribution in [1.82, 2.24) is 0 Å². The fourth-order valence-electron chi connectivity index (χ4n) is 3.27. The summed E-state index contributed by atoms with van der Waals surface area (Å²) in [6.07, 6.45) is 0. The molecule has 0 heterocycles. The van der Waals surface area contributed by atoms with Gasteiger partial charge in [0.05, 0.1) is 0 Å². The molecule has 0 aliphatic carbocycles. The highest BCUT2D eigenvalue weighted by atomic mass is 16.5. The fraction of sp³-hybridized carbons (Fsp3) is 0.0909. The predicted octanol–water partition coefficient (Wildman–Crippen LogP) is 6.40. The number of aryl methyl sites for hydroxylation is 2. The molecule has 0 amide bonds. The van der Waals surface area contributed by atoms with Gasteiger partial charge in [-0.15, -0.1) is 0 Å². The molecule has 0 bridgehead atoms. The normalized spacial score (nSPS) is 11.0. The average molecular weight is 298 g/mol. The maximum atomic E-state index is 6.37. The van der Waals surface area contributed by atoms with E-state index >= 15 is 0 Å². The zero-order chi connectivity index (χ0) is 15.8. The summed E-state index contributed by atoms with van der Waals surface area (Å²) < 4.78 is 6.37. The van der Waals surface area contributed by atoms with E-state index in [1.807, 2.05) is 12.1 Å². The third-order valence-electron chi connectivity index (χ3n) is 4.37. The van der Waals surface area contributed by atoms with Crippen molar-refractivity contribution in [3.8, 4) is 11.5 Å². The third-order valence-corrected chi connectivity index (χ3v) is 4.37. The lowest BCUT2D eigenvalue weighted by Crippen LogP contribution is -1.90. The molecule has 4 aromatic rings. The first kappa shape index (κ1) is 13.8. The van der Waals surface area contributed by atoms with E-state index in [4.69, 9.17) is 4.74 Å². The van der Waals surface area contributed by atoms with Crippen LogP contribution < -0.4 is 4.74 Å². The van der Waals surface area contributed by atoms with Crippen molar-refractivity contribution in [2.24, 2.45) is 0 Å². The topological polar surface area (TPSA) is 9.23 Å². The number of hydrogen-bond acceptors (Lipinski definition) is 1. The van der Waals surface area contributed by atoms with Gasteiger partial charge in [0.2, 0.25) is 0 Å². The lowest BCUT2D eigenvalue weighted by molar-refractivity contribution is 0.493. The zero-order valence-electron chi connectivity index (χ0n) is 13.3. The van der Waals surface area contributed by atoms with Crippen LogP contribution in [0.15, 0.2) is 72.8 Å². The largest absolute Gasteiger partial charge is 0.456 e. The standard InChI is InChI=1S/C22H18O/c1-15-7-3-9-17-11-5-13-19(21(15)17)23-20-14-6-12-18-10-4-8-16(2)22(18)20/h3-14H,1-2H3. The highest BCUT2D eigenvalue weighted by Gasteiger charge is 2.09. The van der Waals surface area contributed by atoms with Crippen LogP contribution in [-0.4, -0.2) is 0 Å². The van der Waals surface area contributed by atoms with Gasteiger partial charge in [-0.2, -0.15) is 0 Å². The summed E-state index contributed by atoms with van der Waals surface area (Å²) in [5.41, 5.74) is 2.46. The molecule has 0 aliphatic rings. The Balaban J connectivity index is 1.93. The molecule has 23 heavy (non-hydrogen) atoms. The summed E-state index contributed by atoms with van der Waals surface area (Å²) >= 11 is 0. The molecular weight excluding hydrogens is 280 g/mol. The first-order valence-electron chi connectivity index (χ1n) is 7.88. The maximum absolute atomic E-state index is 6.37. The summed E-state index contributed by atoms with van der Waals surface area (Å²) in [7, 11) is 0. The van der Waals surface area contributed by atoms with Crippen molar-refractivity contribution in [3.05, 3.63) is 83.9 Å². The molecule has 0 spiro atoms. The number of rotatable bonds is 2. The molecule has 1 nitrogen and oxygen atoms in total. The van der Waals surface area contributed by atoms with Crippen molar-refractivity contribution in [2.75, 3.05) is 0 Å². The Bertz CT molecular complexity index is 921. The summed E-state index contributed by atoms with van der Waals surface area (Å²) in [4.78, 5) is 0. The number of ether oxygens (including phenoxy) is 1. The Kier molecular flexibility index (Phi) is 3.27. The van der Waals surface area contributed by atoms with E-state index in [9.17, 15) is 0 Å². The third kappa shape index (κ3) is 2.35. The second-order valence-corrected chi connectivity index (χ2v) is 5.96. The van der Waals surface area contributed by atoms with Crippen LogP contribution in [-0.2, 0) is 0 Å². The second-order valence-electron chi connectivity index (χ2n) is 5.96. The quantitative estimate of drug-likeness (QED) is 0.416. The summed E-state index contributed by atoms with van der Waals surface area (Å²) in [5.74, 6) is 1.83. The fourth-order valence-corrected chi connectivity index (χ4v) is 3.27. The second kappa shape index (κ2) is 5.44. The minimum Gasteiger partial charge on any atom is -0.456 e. The number of hydrogen-bond donors (Lipinski definition) is 0. The van der Waals surface area contributed by atoms with Crippen molar-refractivity contribution >= 4 is 21.5 Å². The van der Waals surface area contributed by atoms with Gasteiger partial charge in [0.15, 0.2) is 0 Å².